The second-order valence-corrected chi connectivity index (χ2v) is 5.59. The third-order valence-electron chi connectivity index (χ3n) is 3.32. The monoisotopic (exact) mass is 234 g/mol. The van der Waals surface area contributed by atoms with Crippen molar-refractivity contribution in [3.63, 3.8) is 0 Å². The maximum Gasteiger partial charge on any atom is 0.0647 e. The summed E-state index contributed by atoms with van der Waals surface area (Å²) in [6, 6.07) is 10.5. The third kappa shape index (κ3) is 2.99. The van der Waals surface area contributed by atoms with Gasteiger partial charge < -0.3 is 15.3 Å². The molecule has 1 atom stereocenters. The Bertz CT molecular complexity index is 350. The number of nitrogens with zero attached hydrogens (tertiary/aromatic N) is 1. The molecule has 17 heavy (non-hydrogen) atoms. The molecule has 3 nitrogen and oxygen atoms in total. The fourth-order valence-electron chi connectivity index (χ4n) is 2.42. The number of rotatable bonds is 2. The number of hydrogen-bond acceptors (Lipinski definition) is 3. The number of hydrogen-bond donors (Lipinski definition) is 2. The highest BCUT2D eigenvalue weighted by molar-refractivity contribution is 5.47. The van der Waals surface area contributed by atoms with Gasteiger partial charge in [0.25, 0.3) is 0 Å². The molecule has 0 bridgehead atoms. The minimum atomic E-state index is 0.166. The third-order valence-corrected chi connectivity index (χ3v) is 3.32. The predicted octanol–water partition coefficient (Wildman–Crippen LogP) is 1.48. The van der Waals surface area contributed by atoms with E-state index in [-0.39, 0.29) is 18.1 Å². The maximum atomic E-state index is 9.54. The van der Waals surface area contributed by atoms with Gasteiger partial charge in [0.2, 0.25) is 0 Å². The van der Waals surface area contributed by atoms with Crippen molar-refractivity contribution in [2.45, 2.75) is 19.9 Å². The molecule has 0 aromatic heterocycles. The van der Waals surface area contributed by atoms with E-state index in [1.165, 1.54) is 5.69 Å². The lowest BCUT2D eigenvalue weighted by molar-refractivity contribution is 0.258. The van der Waals surface area contributed by atoms with Crippen molar-refractivity contribution in [3.05, 3.63) is 30.3 Å². The van der Waals surface area contributed by atoms with Gasteiger partial charge in [-0.25, -0.2) is 0 Å². The summed E-state index contributed by atoms with van der Waals surface area (Å²) in [6.45, 7) is 7.51. The molecule has 3 heteroatoms. The SMILES string of the molecule is CC1(C)CNCC(CO)N(c2ccccc2)C1. The zero-order chi connectivity index (χ0) is 12.3. The molecule has 1 aromatic rings. The molecule has 0 amide bonds. The first-order valence-electron chi connectivity index (χ1n) is 6.26. The van der Waals surface area contributed by atoms with E-state index in [1.54, 1.807) is 0 Å². The zero-order valence-corrected chi connectivity index (χ0v) is 10.7. The molecule has 94 valence electrons. The Labute approximate surface area is 103 Å². The van der Waals surface area contributed by atoms with Crippen LogP contribution in [0, 0.1) is 5.41 Å². The predicted molar refractivity (Wildman–Crippen MR) is 71.3 cm³/mol. The number of benzene rings is 1. The second kappa shape index (κ2) is 5.07. The zero-order valence-electron chi connectivity index (χ0n) is 10.7. The van der Waals surface area contributed by atoms with Crippen LogP contribution in [-0.2, 0) is 0 Å². The van der Waals surface area contributed by atoms with E-state index in [0.717, 1.165) is 19.6 Å². The van der Waals surface area contributed by atoms with E-state index < -0.39 is 0 Å². The largest absolute Gasteiger partial charge is 0.394 e. The van der Waals surface area contributed by atoms with Crippen molar-refractivity contribution in [1.82, 2.24) is 5.32 Å². The van der Waals surface area contributed by atoms with Crippen LogP contribution in [0.2, 0.25) is 0 Å². The smallest absolute Gasteiger partial charge is 0.0647 e. The summed E-state index contributed by atoms with van der Waals surface area (Å²) in [5, 5.41) is 13.0. The molecule has 0 saturated carbocycles. The molecule has 2 N–H and O–H groups in total. The highest BCUT2D eigenvalue weighted by Gasteiger charge is 2.29. The highest BCUT2D eigenvalue weighted by Crippen LogP contribution is 2.25. The topological polar surface area (TPSA) is 35.5 Å². The average Bonchev–Trinajstić information content (AvgIpc) is 2.48. The molecular weight excluding hydrogens is 212 g/mol. The summed E-state index contributed by atoms with van der Waals surface area (Å²) < 4.78 is 0. The first kappa shape index (κ1) is 12.4. The van der Waals surface area contributed by atoms with Crippen LogP contribution in [-0.4, -0.2) is 37.4 Å². The van der Waals surface area contributed by atoms with Gasteiger partial charge >= 0.3 is 0 Å². The maximum absolute atomic E-state index is 9.54. The normalized spacial score (nSPS) is 24.4. The minimum Gasteiger partial charge on any atom is -0.394 e. The number of nitrogens with one attached hydrogen (secondary N) is 1. The van der Waals surface area contributed by atoms with E-state index in [9.17, 15) is 5.11 Å². The Hall–Kier alpha value is -1.06. The first-order valence-corrected chi connectivity index (χ1v) is 6.26. The standard InChI is InChI=1S/C14H22N2O/c1-14(2)10-15-8-13(9-17)16(11-14)12-6-4-3-5-7-12/h3-7,13,15,17H,8-11H2,1-2H3. The lowest BCUT2D eigenvalue weighted by Gasteiger charge is -2.35. The van der Waals surface area contributed by atoms with Crippen LogP contribution in [0.25, 0.3) is 0 Å². The van der Waals surface area contributed by atoms with Gasteiger partial charge in [0.1, 0.15) is 0 Å². The fraction of sp³-hybridized carbons (Fsp3) is 0.571. The van der Waals surface area contributed by atoms with Crippen LogP contribution in [0.4, 0.5) is 5.69 Å². The summed E-state index contributed by atoms with van der Waals surface area (Å²) in [4.78, 5) is 2.32. The summed E-state index contributed by atoms with van der Waals surface area (Å²) in [6.07, 6.45) is 0. The molecule has 2 rings (SSSR count). The van der Waals surface area contributed by atoms with Gasteiger partial charge in [-0.15, -0.1) is 0 Å². The fourth-order valence-corrected chi connectivity index (χ4v) is 2.42. The Balaban J connectivity index is 2.26. The molecule has 1 saturated heterocycles. The van der Waals surface area contributed by atoms with Gasteiger partial charge in [-0.05, 0) is 17.5 Å². The number of aliphatic hydroxyl groups excluding tert-OH is 1. The number of para-hydroxylation sites is 1. The molecule has 1 unspecified atom stereocenters. The summed E-state index contributed by atoms with van der Waals surface area (Å²) in [7, 11) is 0. The van der Waals surface area contributed by atoms with Crippen molar-refractivity contribution >= 4 is 5.69 Å². The molecule has 1 aromatic carbocycles. The Kier molecular flexibility index (Phi) is 3.69. The van der Waals surface area contributed by atoms with Crippen molar-refractivity contribution < 1.29 is 5.11 Å². The summed E-state index contributed by atoms with van der Waals surface area (Å²) in [5.41, 5.74) is 1.42. The van der Waals surface area contributed by atoms with E-state index in [0.29, 0.717) is 0 Å². The number of aliphatic hydroxyl groups is 1. The summed E-state index contributed by atoms with van der Waals surface area (Å²) >= 11 is 0. The van der Waals surface area contributed by atoms with E-state index >= 15 is 0 Å². The lowest BCUT2D eigenvalue weighted by atomic mass is 9.93. The van der Waals surface area contributed by atoms with Crippen LogP contribution >= 0.6 is 0 Å². The van der Waals surface area contributed by atoms with Gasteiger partial charge in [0, 0.05) is 25.3 Å². The van der Waals surface area contributed by atoms with Crippen LogP contribution in [0.3, 0.4) is 0 Å². The van der Waals surface area contributed by atoms with Crippen LogP contribution in [0.1, 0.15) is 13.8 Å². The lowest BCUT2D eigenvalue weighted by Crippen LogP contribution is -2.44. The summed E-state index contributed by atoms with van der Waals surface area (Å²) in [5.74, 6) is 0. The van der Waals surface area contributed by atoms with Crippen molar-refractivity contribution in [2.75, 3.05) is 31.1 Å². The van der Waals surface area contributed by atoms with Gasteiger partial charge in [0.05, 0.1) is 12.6 Å². The molecule has 1 heterocycles. The van der Waals surface area contributed by atoms with Gasteiger partial charge in [-0.3, -0.25) is 0 Å². The molecule has 0 aliphatic carbocycles. The second-order valence-electron chi connectivity index (χ2n) is 5.59. The van der Waals surface area contributed by atoms with Gasteiger partial charge in [-0.2, -0.15) is 0 Å². The molecule has 1 fully saturated rings. The van der Waals surface area contributed by atoms with Gasteiger partial charge in [-0.1, -0.05) is 32.0 Å². The first-order chi connectivity index (χ1) is 8.12. The Morgan fingerprint density at radius 3 is 2.71 bits per heavy atom. The van der Waals surface area contributed by atoms with Crippen LogP contribution in [0.15, 0.2) is 30.3 Å². The van der Waals surface area contributed by atoms with Crippen LogP contribution < -0.4 is 10.2 Å². The van der Waals surface area contributed by atoms with E-state index in [2.05, 4.69) is 48.3 Å². The van der Waals surface area contributed by atoms with Crippen molar-refractivity contribution in [2.24, 2.45) is 5.41 Å². The van der Waals surface area contributed by atoms with Crippen molar-refractivity contribution in [1.29, 1.82) is 0 Å². The van der Waals surface area contributed by atoms with Gasteiger partial charge in [0.15, 0.2) is 0 Å². The average molecular weight is 234 g/mol. The molecule has 0 spiro atoms. The molecule has 1 aliphatic heterocycles. The Morgan fingerprint density at radius 2 is 2.06 bits per heavy atom. The number of anilines is 1. The van der Waals surface area contributed by atoms with Crippen LogP contribution in [0.5, 0.6) is 0 Å². The Morgan fingerprint density at radius 1 is 1.35 bits per heavy atom. The molecular formula is C14H22N2O. The highest BCUT2D eigenvalue weighted by atomic mass is 16.3. The molecule has 1 aliphatic rings. The van der Waals surface area contributed by atoms with E-state index in [4.69, 9.17) is 0 Å². The quantitative estimate of drug-likeness (QED) is 0.813. The molecule has 0 radical (unpaired) electrons. The van der Waals surface area contributed by atoms with E-state index in [1.807, 2.05) is 6.07 Å². The minimum absolute atomic E-state index is 0.166. The van der Waals surface area contributed by atoms with Crippen molar-refractivity contribution in [3.8, 4) is 0 Å².